The summed E-state index contributed by atoms with van der Waals surface area (Å²) in [4.78, 5) is 28.3. The maximum atomic E-state index is 11.9. The van der Waals surface area contributed by atoms with Gasteiger partial charge in [0.25, 0.3) is 0 Å². The Labute approximate surface area is 109 Å². The molecule has 0 fully saturated rings. The highest BCUT2D eigenvalue weighted by Crippen LogP contribution is 2.18. The number of aryl methyl sites for hydroxylation is 2. The van der Waals surface area contributed by atoms with Crippen LogP contribution in [0.4, 0.5) is 0 Å². The Hall–Kier alpha value is -1.51. The molecule has 0 radical (unpaired) electrons. The number of carbonyl (C=O) groups excluding carboxylic acids is 2. The minimum Gasteiger partial charge on any atom is -0.294 e. The highest BCUT2D eigenvalue weighted by atomic mass is 16.1. The van der Waals surface area contributed by atoms with Gasteiger partial charge in [0, 0.05) is 24.0 Å². The molecule has 0 spiro atoms. The van der Waals surface area contributed by atoms with Crippen molar-refractivity contribution < 1.29 is 9.59 Å². The number of rotatable bonds is 6. The van der Waals surface area contributed by atoms with E-state index in [2.05, 4.69) is 4.98 Å². The van der Waals surface area contributed by atoms with Crippen LogP contribution in [0.2, 0.25) is 0 Å². The third-order valence-corrected chi connectivity index (χ3v) is 3.09. The van der Waals surface area contributed by atoms with Crippen LogP contribution < -0.4 is 0 Å². The number of Topliss-reactive ketones (excluding diaryl/α,β-unsaturated/α-hetero) is 2. The molecule has 0 bridgehead atoms. The predicted molar refractivity (Wildman–Crippen MR) is 72.2 cm³/mol. The monoisotopic (exact) mass is 247 g/mol. The first-order chi connectivity index (χ1) is 8.58. The molecule has 98 valence electrons. The van der Waals surface area contributed by atoms with Crippen LogP contribution in [0.5, 0.6) is 0 Å². The van der Waals surface area contributed by atoms with E-state index in [1.165, 1.54) is 0 Å². The number of hydrogen-bond donors (Lipinski definition) is 0. The second-order valence-electron chi connectivity index (χ2n) is 4.24. The van der Waals surface area contributed by atoms with Gasteiger partial charge in [0.15, 0.2) is 11.6 Å². The van der Waals surface area contributed by atoms with Crippen LogP contribution in [0, 0.1) is 0 Å². The molecule has 0 aromatic carbocycles. The van der Waals surface area contributed by atoms with Crippen molar-refractivity contribution in [2.24, 2.45) is 0 Å². The van der Waals surface area contributed by atoms with E-state index in [0.717, 1.165) is 11.4 Å². The van der Waals surface area contributed by atoms with Crippen molar-refractivity contribution >= 4 is 11.6 Å². The van der Waals surface area contributed by atoms with E-state index in [-0.39, 0.29) is 11.6 Å². The molecular formula is C15H21NO2. The number of hydrogen-bond acceptors (Lipinski definition) is 3. The van der Waals surface area contributed by atoms with Crippen molar-refractivity contribution in [3.63, 3.8) is 0 Å². The predicted octanol–water partition coefficient (Wildman–Crippen LogP) is 3.39. The number of carbonyl (C=O) groups is 2. The van der Waals surface area contributed by atoms with Crippen LogP contribution in [-0.2, 0) is 12.8 Å². The van der Waals surface area contributed by atoms with Gasteiger partial charge in [-0.15, -0.1) is 0 Å². The van der Waals surface area contributed by atoms with E-state index < -0.39 is 0 Å². The van der Waals surface area contributed by atoms with Crippen LogP contribution in [-0.4, -0.2) is 16.6 Å². The van der Waals surface area contributed by atoms with Gasteiger partial charge in [0.1, 0.15) is 0 Å². The van der Waals surface area contributed by atoms with E-state index in [0.29, 0.717) is 36.8 Å². The van der Waals surface area contributed by atoms with Gasteiger partial charge in [0.2, 0.25) is 0 Å². The number of ketones is 2. The van der Waals surface area contributed by atoms with Gasteiger partial charge in [-0.25, -0.2) is 0 Å². The molecular weight excluding hydrogens is 226 g/mol. The second-order valence-corrected chi connectivity index (χ2v) is 4.24. The maximum Gasteiger partial charge on any atom is 0.164 e. The fraction of sp³-hybridized carbons (Fsp3) is 0.533. The van der Waals surface area contributed by atoms with Crippen molar-refractivity contribution in [3.05, 3.63) is 28.6 Å². The molecule has 3 heteroatoms. The molecule has 0 amide bonds. The third kappa shape index (κ3) is 2.84. The van der Waals surface area contributed by atoms with E-state index in [1.54, 1.807) is 6.07 Å². The number of aromatic nitrogens is 1. The summed E-state index contributed by atoms with van der Waals surface area (Å²) in [5.41, 5.74) is 2.86. The SMILES string of the molecule is CCC(=O)c1cc(C(=O)CC)c(CC)nc1CC. The van der Waals surface area contributed by atoms with Crippen molar-refractivity contribution in [2.45, 2.75) is 53.4 Å². The Morgan fingerprint density at radius 1 is 0.889 bits per heavy atom. The van der Waals surface area contributed by atoms with Crippen LogP contribution >= 0.6 is 0 Å². The Kier molecular flexibility index (Phi) is 5.20. The van der Waals surface area contributed by atoms with E-state index in [1.807, 2.05) is 27.7 Å². The van der Waals surface area contributed by atoms with Gasteiger partial charge in [-0.05, 0) is 18.9 Å². The zero-order valence-electron chi connectivity index (χ0n) is 11.7. The Balaban J connectivity index is 3.43. The smallest absolute Gasteiger partial charge is 0.164 e. The molecule has 0 aliphatic heterocycles. The van der Waals surface area contributed by atoms with Crippen molar-refractivity contribution in [2.75, 3.05) is 0 Å². The van der Waals surface area contributed by atoms with Gasteiger partial charge in [0.05, 0.1) is 11.4 Å². The van der Waals surface area contributed by atoms with Crippen molar-refractivity contribution in [1.82, 2.24) is 4.98 Å². The number of pyridine rings is 1. The fourth-order valence-corrected chi connectivity index (χ4v) is 2.00. The minimum atomic E-state index is 0.0622. The molecule has 0 saturated carbocycles. The molecule has 1 heterocycles. The molecule has 0 unspecified atom stereocenters. The van der Waals surface area contributed by atoms with Gasteiger partial charge in [-0.3, -0.25) is 14.6 Å². The van der Waals surface area contributed by atoms with E-state index in [9.17, 15) is 9.59 Å². The lowest BCUT2D eigenvalue weighted by Crippen LogP contribution is -2.12. The van der Waals surface area contributed by atoms with Gasteiger partial charge < -0.3 is 0 Å². The lowest BCUT2D eigenvalue weighted by atomic mass is 9.97. The van der Waals surface area contributed by atoms with Crippen molar-refractivity contribution in [1.29, 1.82) is 0 Å². The molecule has 1 aromatic rings. The Bertz CT molecular complexity index is 425. The molecule has 18 heavy (non-hydrogen) atoms. The quantitative estimate of drug-likeness (QED) is 0.724. The molecule has 0 aliphatic carbocycles. The summed E-state index contributed by atoms with van der Waals surface area (Å²) in [5.74, 6) is 0.124. The summed E-state index contributed by atoms with van der Waals surface area (Å²) in [6.45, 7) is 7.62. The van der Waals surface area contributed by atoms with E-state index in [4.69, 9.17) is 0 Å². The summed E-state index contributed by atoms with van der Waals surface area (Å²) < 4.78 is 0. The first-order valence-corrected chi connectivity index (χ1v) is 6.68. The molecule has 1 rings (SSSR count). The molecule has 1 aromatic heterocycles. The van der Waals surface area contributed by atoms with Gasteiger partial charge >= 0.3 is 0 Å². The van der Waals surface area contributed by atoms with Crippen LogP contribution in [0.3, 0.4) is 0 Å². The zero-order valence-corrected chi connectivity index (χ0v) is 11.7. The second kappa shape index (κ2) is 6.43. The highest BCUT2D eigenvalue weighted by Gasteiger charge is 2.17. The summed E-state index contributed by atoms with van der Waals surface area (Å²) in [5, 5.41) is 0. The van der Waals surface area contributed by atoms with E-state index >= 15 is 0 Å². The molecule has 0 aliphatic rings. The summed E-state index contributed by atoms with van der Waals surface area (Å²) >= 11 is 0. The standard InChI is InChI=1S/C15H21NO2/c1-5-12-10(14(17)7-3)9-11(15(18)8-4)13(6-2)16-12/h9H,5-8H2,1-4H3. The highest BCUT2D eigenvalue weighted by molar-refractivity contribution is 6.02. The van der Waals surface area contributed by atoms with Gasteiger partial charge in [-0.1, -0.05) is 27.7 Å². The first-order valence-electron chi connectivity index (χ1n) is 6.68. The molecule has 0 N–H and O–H groups in total. The summed E-state index contributed by atoms with van der Waals surface area (Å²) in [6, 6.07) is 1.75. The lowest BCUT2D eigenvalue weighted by Gasteiger charge is -2.12. The van der Waals surface area contributed by atoms with Crippen molar-refractivity contribution in [3.8, 4) is 0 Å². The number of nitrogens with zero attached hydrogens (tertiary/aromatic N) is 1. The minimum absolute atomic E-state index is 0.0622. The topological polar surface area (TPSA) is 47.0 Å². The largest absolute Gasteiger partial charge is 0.294 e. The summed E-state index contributed by atoms with van der Waals surface area (Å²) in [6.07, 6.45) is 2.32. The van der Waals surface area contributed by atoms with Crippen LogP contribution in [0.25, 0.3) is 0 Å². The van der Waals surface area contributed by atoms with Crippen LogP contribution in [0.1, 0.15) is 72.6 Å². The fourth-order valence-electron chi connectivity index (χ4n) is 2.00. The average Bonchev–Trinajstić information content (AvgIpc) is 2.43. The Morgan fingerprint density at radius 2 is 1.28 bits per heavy atom. The third-order valence-electron chi connectivity index (χ3n) is 3.09. The molecule has 0 atom stereocenters. The zero-order chi connectivity index (χ0) is 13.7. The lowest BCUT2D eigenvalue weighted by molar-refractivity contribution is 0.0986. The van der Waals surface area contributed by atoms with Crippen LogP contribution in [0.15, 0.2) is 6.07 Å². The van der Waals surface area contributed by atoms with Gasteiger partial charge in [-0.2, -0.15) is 0 Å². The Morgan fingerprint density at radius 3 is 1.56 bits per heavy atom. The first kappa shape index (κ1) is 14.6. The average molecular weight is 247 g/mol. The summed E-state index contributed by atoms with van der Waals surface area (Å²) in [7, 11) is 0. The maximum absolute atomic E-state index is 11.9. The molecule has 3 nitrogen and oxygen atoms in total. The normalized spacial score (nSPS) is 10.4. The molecule has 0 saturated heterocycles.